The first-order chi connectivity index (χ1) is 11.5. The summed E-state index contributed by atoms with van der Waals surface area (Å²) in [5.41, 5.74) is 1.03. The third-order valence-corrected chi connectivity index (χ3v) is 4.16. The summed E-state index contributed by atoms with van der Waals surface area (Å²) in [5, 5.41) is 8.78. The zero-order valence-corrected chi connectivity index (χ0v) is 14.7. The Kier molecular flexibility index (Phi) is 4.51. The molecule has 0 atom stereocenters. The molecule has 128 valence electrons. The molecule has 7 nitrogen and oxygen atoms in total. The van der Waals surface area contributed by atoms with Crippen molar-refractivity contribution in [2.45, 2.75) is 26.2 Å². The van der Waals surface area contributed by atoms with Crippen LogP contribution in [0.1, 0.15) is 26.5 Å². The number of aromatic nitrogens is 4. The lowest BCUT2D eigenvalue weighted by Crippen LogP contribution is -2.47. The van der Waals surface area contributed by atoms with E-state index in [1.165, 1.54) is 0 Å². The van der Waals surface area contributed by atoms with Crippen molar-refractivity contribution in [1.29, 1.82) is 0 Å². The van der Waals surface area contributed by atoms with Gasteiger partial charge in [0.1, 0.15) is 0 Å². The number of rotatable bonds is 3. The molecule has 7 heteroatoms. The Morgan fingerprint density at radius 2 is 1.54 bits per heavy atom. The molecule has 3 heterocycles. The number of anilines is 2. The third-order valence-electron chi connectivity index (χ3n) is 4.16. The van der Waals surface area contributed by atoms with Gasteiger partial charge in [0.15, 0.2) is 11.6 Å². The lowest BCUT2D eigenvalue weighted by atomic mass is 9.92. The Morgan fingerprint density at radius 1 is 0.917 bits per heavy atom. The highest BCUT2D eigenvalue weighted by molar-refractivity contribution is 5.42. The molecule has 0 unspecified atom stereocenters. The highest BCUT2D eigenvalue weighted by atomic mass is 16.5. The van der Waals surface area contributed by atoms with Crippen molar-refractivity contribution in [3.8, 4) is 5.75 Å². The Labute approximate surface area is 142 Å². The van der Waals surface area contributed by atoms with Crippen LogP contribution in [0.5, 0.6) is 5.75 Å². The van der Waals surface area contributed by atoms with E-state index in [0.717, 1.165) is 43.6 Å². The monoisotopic (exact) mass is 328 g/mol. The second-order valence-corrected chi connectivity index (χ2v) is 6.92. The van der Waals surface area contributed by atoms with Gasteiger partial charge in [0.05, 0.1) is 25.2 Å². The molecular weight excluding hydrogens is 304 g/mol. The van der Waals surface area contributed by atoms with E-state index >= 15 is 0 Å². The standard InChI is InChI=1S/C17H24N6O/c1-17(2,3)14-5-6-15(21-20-14)22-7-9-23(10-8-22)16-18-11-13(24-4)12-19-16/h5-6,11-12H,7-10H2,1-4H3. The van der Waals surface area contributed by atoms with Gasteiger partial charge in [0.25, 0.3) is 0 Å². The van der Waals surface area contributed by atoms with Gasteiger partial charge < -0.3 is 14.5 Å². The SMILES string of the molecule is COc1cnc(N2CCN(c3ccc(C(C)(C)C)nn3)CC2)nc1. The van der Waals surface area contributed by atoms with Gasteiger partial charge in [-0.05, 0) is 12.1 Å². The van der Waals surface area contributed by atoms with E-state index in [4.69, 9.17) is 4.74 Å². The number of methoxy groups -OCH3 is 1. The molecule has 2 aromatic heterocycles. The van der Waals surface area contributed by atoms with Crippen LogP contribution in [0.3, 0.4) is 0 Å². The average molecular weight is 328 g/mol. The van der Waals surface area contributed by atoms with Gasteiger partial charge in [-0.1, -0.05) is 20.8 Å². The topological polar surface area (TPSA) is 67.3 Å². The van der Waals surface area contributed by atoms with Crippen molar-refractivity contribution in [1.82, 2.24) is 20.2 Å². The van der Waals surface area contributed by atoms with E-state index in [1.54, 1.807) is 19.5 Å². The molecule has 3 rings (SSSR count). The van der Waals surface area contributed by atoms with Crippen LogP contribution in [-0.4, -0.2) is 53.5 Å². The Hall–Kier alpha value is -2.44. The smallest absolute Gasteiger partial charge is 0.225 e. The fourth-order valence-corrected chi connectivity index (χ4v) is 2.61. The molecule has 2 aromatic rings. The lowest BCUT2D eigenvalue weighted by Gasteiger charge is -2.35. The Bertz CT molecular complexity index is 657. The van der Waals surface area contributed by atoms with Crippen LogP contribution < -0.4 is 14.5 Å². The van der Waals surface area contributed by atoms with Gasteiger partial charge in [-0.3, -0.25) is 0 Å². The Balaban J connectivity index is 1.62. The molecule has 24 heavy (non-hydrogen) atoms. The van der Waals surface area contributed by atoms with Crippen LogP contribution in [0.25, 0.3) is 0 Å². The molecular formula is C17H24N6O. The van der Waals surface area contributed by atoms with Crippen molar-refractivity contribution >= 4 is 11.8 Å². The maximum absolute atomic E-state index is 5.10. The summed E-state index contributed by atoms with van der Waals surface area (Å²) in [6.45, 7) is 9.89. The van der Waals surface area contributed by atoms with E-state index in [1.807, 2.05) is 0 Å². The number of ether oxygens (including phenoxy) is 1. The molecule has 0 aromatic carbocycles. The number of hydrogen-bond acceptors (Lipinski definition) is 7. The summed E-state index contributed by atoms with van der Waals surface area (Å²) in [7, 11) is 1.61. The normalized spacial score (nSPS) is 15.5. The molecule has 1 saturated heterocycles. The first-order valence-corrected chi connectivity index (χ1v) is 8.17. The van der Waals surface area contributed by atoms with Crippen molar-refractivity contribution in [2.24, 2.45) is 0 Å². The first-order valence-electron chi connectivity index (χ1n) is 8.17. The molecule has 0 amide bonds. The van der Waals surface area contributed by atoms with Crippen LogP contribution in [0, 0.1) is 0 Å². The summed E-state index contributed by atoms with van der Waals surface area (Å²) in [6, 6.07) is 4.13. The maximum Gasteiger partial charge on any atom is 0.225 e. The summed E-state index contributed by atoms with van der Waals surface area (Å²) < 4.78 is 5.10. The Morgan fingerprint density at radius 3 is 2.04 bits per heavy atom. The molecule has 0 bridgehead atoms. The molecule has 1 fully saturated rings. The van der Waals surface area contributed by atoms with E-state index in [2.05, 4.69) is 62.9 Å². The van der Waals surface area contributed by atoms with Gasteiger partial charge in [-0.2, -0.15) is 5.10 Å². The number of nitrogens with zero attached hydrogens (tertiary/aromatic N) is 6. The van der Waals surface area contributed by atoms with Crippen LogP contribution in [0.4, 0.5) is 11.8 Å². The zero-order valence-electron chi connectivity index (χ0n) is 14.7. The van der Waals surface area contributed by atoms with Crippen LogP contribution in [-0.2, 0) is 5.41 Å². The fourth-order valence-electron chi connectivity index (χ4n) is 2.61. The van der Waals surface area contributed by atoms with Crippen LogP contribution in [0.15, 0.2) is 24.5 Å². The van der Waals surface area contributed by atoms with E-state index < -0.39 is 0 Å². The van der Waals surface area contributed by atoms with Gasteiger partial charge in [-0.25, -0.2) is 9.97 Å². The van der Waals surface area contributed by atoms with E-state index in [-0.39, 0.29) is 5.41 Å². The first kappa shape index (κ1) is 16.4. The maximum atomic E-state index is 5.10. The van der Waals surface area contributed by atoms with Crippen molar-refractivity contribution in [3.05, 3.63) is 30.2 Å². The minimum Gasteiger partial charge on any atom is -0.494 e. The zero-order chi connectivity index (χ0) is 17.2. The molecule has 0 N–H and O–H groups in total. The summed E-state index contributed by atoms with van der Waals surface area (Å²) in [5.74, 6) is 2.34. The second kappa shape index (κ2) is 6.59. The summed E-state index contributed by atoms with van der Waals surface area (Å²) in [4.78, 5) is 13.1. The predicted octanol–water partition coefficient (Wildman–Crippen LogP) is 1.90. The highest BCUT2D eigenvalue weighted by Crippen LogP contribution is 2.22. The van der Waals surface area contributed by atoms with Gasteiger partial charge in [0.2, 0.25) is 5.95 Å². The minimum atomic E-state index is 0.0237. The predicted molar refractivity (Wildman–Crippen MR) is 93.7 cm³/mol. The molecule has 0 spiro atoms. The average Bonchev–Trinajstić information content (AvgIpc) is 2.61. The van der Waals surface area contributed by atoms with Gasteiger partial charge in [0, 0.05) is 31.6 Å². The highest BCUT2D eigenvalue weighted by Gasteiger charge is 2.21. The third kappa shape index (κ3) is 3.55. The van der Waals surface area contributed by atoms with Crippen molar-refractivity contribution in [3.63, 3.8) is 0 Å². The molecule has 1 aliphatic heterocycles. The minimum absolute atomic E-state index is 0.0237. The quantitative estimate of drug-likeness (QED) is 0.852. The molecule has 0 aliphatic carbocycles. The van der Waals surface area contributed by atoms with Crippen LogP contribution >= 0.6 is 0 Å². The van der Waals surface area contributed by atoms with Crippen molar-refractivity contribution in [2.75, 3.05) is 43.1 Å². The fraction of sp³-hybridized carbons (Fsp3) is 0.529. The lowest BCUT2D eigenvalue weighted by molar-refractivity contribution is 0.410. The van der Waals surface area contributed by atoms with Gasteiger partial charge in [-0.15, -0.1) is 5.10 Å². The molecule has 0 radical (unpaired) electrons. The molecule has 0 saturated carbocycles. The van der Waals surface area contributed by atoms with Gasteiger partial charge >= 0.3 is 0 Å². The second-order valence-electron chi connectivity index (χ2n) is 6.92. The van der Waals surface area contributed by atoms with E-state index in [0.29, 0.717) is 5.75 Å². The summed E-state index contributed by atoms with van der Waals surface area (Å²) >= 11 is 0. The van der Waals surface area contributed by atoms with Crippen molar-refractivity contribution < 1.29 is 4.74 Å². The largest absolute Gasteiger partial charge is 0.494 e. The number of piperazine rings is 1. The molecule has 1 aliphatic rings. The van der Waals surface area contributed by atoms with E-state index in [9.17, 15) is 0 Å². The summed E-state index contributed by atoms with van der Waals surface area (Å²) in [6.07, 6.45) is 3.40. The van der Waals surface area contributed by atoms with Crippen LogP contribution in [0.2, 0.25) is 0 Å². The number of hydrogen-bond donors (Lipinski definition) is 0.